The van der Waals surface area contributed by atoms with Crippen LogP contribution in [0.5, 0.6) is 5.75 Å². The zero-order chi connectivity index (χ0) is 22.9. The topological polar surface area (TPSA) is 77.2 Å². The van der Waals surface area contributed by atoms with Gasteiger partial charge < -0.3 is 19.7 Å². The molecule has 4 heterocycles. The van der Waals surface area contributed by atoms with Gasteiger partial charge in [0.15, 0.2) is 0 Å². The smallest absolute Gasteiger partial charge is 0.126 e. The first-order valence-electron chi connectivity index (χ1n) is 11.9. The Morgan fingerprint density at radius 1 is 1.03 bits per heavy atom. The maximum absolute atomic E-state index is 9.64. The predicted octanol–water partition coefficient (Wildman–Crippen LogP) is 5.67. The molecule has 6 rings (SSSR count). The molecule has 0 aliphatic carbocycles. The van der Waals surface area contributed by atoms with Crippen molar-refractivity contribution in [2.24, 2.45) is 0 Å². The standard InChI is InChI=1S/C27H28N4O2S/c32-20-9-12-31(13-10-20)11-4-14-33-21-8-7-19-15-23(28-22(19)16-21)26-27-24(29-30-26)17-25(34-27)18-5-2-1-3-6-18/h1-3,5-8,15-17,20,28,32H,4,9-14H2,(H,29,30). The molecule has 2 aromatic carbocycles. The highest BCUT2D eigenvalue weighted by Gasteiger charge is 2.17. The average molecular weight is 473 g/mol. The monoisotopic (exact) mass is 472 g/mol. The summed E-state index contributed by atoms with van der Waals surface area (Å²) < 4.78 is 7.19. The van der Waals surface area contributed by atoms with Gasteiger partial charge in [0.1, 0.15) is 11.4 Å². The molecule has 5 aromatic rings. The molecule has 34 heavy (non-hydrogen) atoms. The molecule has 1 aliphatic heterocycles. The molecule has 1 aliphatic rings. The van der Waals surface area contributed by atoms with E-state index < -0.39 is 0 Å². The molecule has 0 unspecified atom stereocenters. The lowest BCUT2D eigenvalue weighted by atomic mass is 10.1. The van der Waals surface area contributed by atoms with Gasteiger partial charge in [-0.2, -0.15) is 5.10 Å². The third-order valence-corrected chi connectivity index (χ3v) is 7.78. The second-order valence-corrected chi connectivity index (χ2v) is 10.1. The van der Waals surface area contributed by atoms with Crippen LogP contribution in [-0.2, 0) is 0 Å². The van der Waals surface area contributed by atoms with E-state index in [-0.39, 0.29) is 6.10 Å². The molecule has 0 amide bonds. The highest BCUT2D eigenvalue weighted by molar-refractivity contribution is 7.22. The fourth-order valence-corrected chi connectivity index (χ4v) is 5.81. The lowest BCUT2D eigenvalue weighted by Crippen LogP contribution is -2.36. The number of piperidine rings is 1. The van der Waals surface area contributed by atoms with Gasteiger partial charge in [-0.1, -0.05) is 30.3 Å². The number of nitrogens with zero attached hydrogens (tertiary/aromatic N) is 2. The van der Waals surface area contributed by atoms with Crippen LogP contribution in [0.15, 0.2) is 60.7 Å². The third kappa shape index (κ3) is 4.34. The van der Waals surface area contributed by atoms with Crippen LogP contribution in [0, 0.1) is 0 Å². The van der Waals surface area contributed by atoms with Crippen LogP contribution in [0.4, 0.5) is 0 Å². The van der Waals surface area contributed by atoms with Crippen LogP contribution in [0.1, 0.15) is 19.3 Å². The first-order chi connectivity index (χ1) is 16.7. The summed E-state index contributed by atoms with van der Waals surface area (Å²) in [5.41, 5.74) is 5.29. The highest BCUT2D eigenvalue weighted by atomic mass is 32.1. The van der Waals surface area contributed by atoms with E-state index in [1.54, 1.807) is 11.3 Å². The Kier molecular flexibility index (Phi) is 5.83. The summed E-state index contributed by atoms with van der Waals surface area (Å²) in [6.45, 7) is 3.67. The van der Waals surface area contributed by atoms with E-state index >= 15 is 0 Å². The van der Waals surface area contributed by atoms with E-state index in [9.17, 15) is 5.11 Å². The quantitative estimate of drug-likeness (QED) is 0.267. The number of ether oxygens (including phenoxy) is 1. The Hall–Kier alpha value is -3.13. The minimum absolute atomic E-state index is 0.117. The number of nitrogens with one attached hydrogen (secondary N) is 2. The summed E-state index contributed by atoms with van der Waals surface area (Å²) in [7, 11) is 0. The SMILES string of the molecule is OC1CCN(CCCOc2ccc3cc(-c4n[nH]c5cc(-c6ccccc6)sc45)[nH]c3c2)CC1. The maximum Gasteiger partial charge on any atom is 0.126 e. The van der Waals surface area contributed by atoms with Crippen LogP contribution in [-0.4, -0.2) is 57.5 Å². The summed E-state index contributed by atoms with van der Waals surface area (Å²) in [5.74, 6) is 0.879. The van der Waals surface area contributed by atoms with Crippen LogP contribution in [0.25, 0.3) is 42.9 Å². The number of rotatable bonds is 7. The van der Waals surface area contributed by atoms with Crippen molar-refractivity contribution in [2.75, 3.05) is 26.2 Å². The van der Waals surface area contributed by atoms with E-state index in [0.717, 1.165) is 77.2 Å². The first-order valence-corrected chi connectivity index (χ1v) is 12.7. The number of benzene rings is 2. The van der Waals surface area contributed by atoms with Crippen LogP contribution in [0.2, 0.25) is 0 Å². The van der Waals surface area contributed by atoms with Crippen molar-refractivity contribution >= 4 is 32.5 Å². The maximum atomic E-state index is 9.64. The summed E-state index contributed by atoms with van der Waals surface area (Å²) in [4.78, 5) is 7.18. The molecule has 1 saturated heterocycles. The molecule has 174 valence electrons. The van der Waals surface area contributed by atoms with Gasteiger partial charge in [0.05, 0.1) is 28.6 Å². The zero-order valence-electron chi connectivity index (χ0n) is 19.0. The molecule has 3 N–H and O–H groups in total. The first kappa shape index (κ1) is 21.4. The number of aromatic nitrogens is 3. The van der Waals surface area contributed by atoms with Crippen molar-refractivity contribution in [1.82, 2.24) is 20.1 Å². The van der Waals surface area contributed by atoms with Gasteiger partial charge >= 0.3 is 0 Å². The number of H-pyrrole nitrogens is 2. The van der Waals surface area contributed by atoms with Crippen LogP contribution >= 0.6 is 11.3 Å². The highest BCUT2D eigenvalue weighted by Crippen LogP contribution is 2.38. The summed E-state index contributed by atoms with van der Waals surface area (Å²) in [6.07, 6.45) is 2.63. The Morgan fingerprint density at radius 2 is 1.88 bits per heavy atom. The number of aliphatic hydroxyl groups is 1. The number of likely N-dealkylation sites (tertiary alicyclic amines) is 1. The van der Waals surface area contributed by atoms with Gasteiger partial charge in [0.25, 0.3) is 0 Å². The Balaban J connectivity index is 1.15. The van der Waals surface area contributed by atoms with E-state index in [0.29, 0.717) is 6.61 Å². The molecule has 0 saturated carbocycles. The average Bonchev–Trinajstić information content (AvgIpc) is 3.57. The molecule has 0 radical (unpaired) electrons. The molecular weight excluding hydrogens is 444 g/mol. The van der Waals surface area contributed by atoms with E-state index in [1.807, 2.05) is 12.1 Å². The van der Waals surface area contributed by atoms with E-state index in [4.69, 9.17) is 4.74 Å². The minimum Gasteiger partial charge on any atom is -0.493 e. The van der Waals surface area contributed by atoms with Gasteiger partial charge in [0.2, 0.25) is 0 Å². The fourth-order valence-electron chi connectivity index (χ4n) is 4.69. The molecule has 0 bridgehead atoms. The van der Waals surface area contributed by atoms with Gasteiger partial charge in [-0.25, -0.2) is 0 Å². The van der Waals surface area contributed by atoms with Crippen molar-refractivity contribution in [2.45, 2.75) is 25.4 Å². The largest absolute Gasteiger partial charge is 0.493 e. The van der Waals surface area contributed by atoms with Crippen molar-refractivity contribution in [3.63, 3.8) is 0 Å². The lowest BCUT2D eigenvalue weighted by molar-refractivity contribution is 0.0800. The van der Waals surface area contributed by atoms with Gasteiger partial charge in [-0.05, 0) is 49.1 Å². The predicted molar refractivity (Wildman–Crippen MR) is 138 cm³/mol. The summed E-state index contributed by atoms with van der Waals surface area (Å²) in [5, 5.41) is 18.6. The van der Waals surface area contributed by atoms with Gasteiger partial charge in [0, 0.05) is 41.5 Å². The molecule has 1 fully saturated rings. The van der Waals surface area contributed by atoms with E-state index in [2.05, 4.69) is 68.6 Å². The summed E-state index contributed by atoms with van der Waals surface area (Å²) >= 11 is 1.76. The zero-order valence-corrected chi connectivity index (χ0v) is 19.8. The normalized spacial score (nSPS) is 15.4. The Bertz CT molecular complexity index is 1400. The van der Waals surface area contributed by atoms with E-state index in [1.165, 1.54) is 10.4 Å². The molecule has 3 aromatic heterocycles. The van der Waals surface area contributed by atoms with Crippen molar-refractivity contribution in [3.8, 4) is 27.6 Å². The second-order valence-electron chi connectivity index (χ2n) is 9.00. The Morgan fingerprint density at radius 3 is 2.74 bits per heavy atom. The van der Waals surface area contributed by atoms with Crippen LogP contribution < -0.4 is 4.74 Å². The number of hydrogen-bond donors (Lipinski definition) is 3. The molecule has 7 heteroatoms. The number of thiophene rings is 1. The number of aliphatic hydroxyl groups excluding tert-OH is 1. The fraction of sp³-hybridized carbons (Fsp3) is 0.296. The second kappa shape index (κ2) is 9.25. The molecule has 6 nitrogen and oxygen atoms in total. The Labute approximate surface area is 202 Å². The molecule has 0 spiro atoms. The molecule has 0 atom stereocenters. The number of hydrogen-bond acceptors (Lipinski definition) is 5. The van der Waals surface area contributed by atoms with Gasteiger partial charge in [-0.3, -0.25) is 5.10 Å². The minimum atomic E-state index is -0.117. The van der Waals surface area contributed by atoms with Crippen molar-refractivity contribution < 1.29 is 9.84 Å². The molecular formula is C27H28N4O2S. The van der Waals surface area contributed by atoms with Crippen molar-refractivity contribution in [1.29, 1.82) is 0 Å². The lowest BCUT2D eigenvalue weighted by Gasteiger charge is -2.29. The number of fused-ring (bicyclic) bond motifs is 2. The van der Waals surface area contributed by atoms with Gasteiger partial charge in [-0.15, -0.1) is 11.3 Å². The summed E-state index contributed by atoms with van der Waals surface area (Å²) in [6, 6.07) is 21.0. The van der Waals surface area contributed by atoms with Crippen LogP contribution in [0.3, 0.4) is 0 Å². The number of aromatic amines is 2. The van der Waals surface area contributed by atoms with Crippen molar-refractivity contribution in [3.05, 3.63) is 60.7 Å². The third-order valence-electron chi connectivity index (χ3n) is 6.59.